The Balaban J connectivity index is 1.69. The number of carbonyl (C=O) groups is 2. The largest absolute Gasteiger partial charge is 0.325 e. The molecule has 160 valence electrons. The van der Waals surface area contributed by atoms with Gasteiger partial charge in [0.15, 0.2) is 16.8 Å². The fraction of sp³-hybridized carbons (Fsp3) is 0.250. The minimum Gasteiger partial charge on any atom is -0.325 e. The molecule has 1 heterocycles. The lowest BCUT2D eigenvalue weighted by atomic mass is 10.0. The van der Waals surface area contributed by atoms with E-state index in [2.05, 4.69) is 48.1 Å². The number of hydrogen-bond donors (Lipinski definition) is 1. The van der Waals surface area contributed by atoms with E-state index in [4.69, 9.17) is 0 Å². The summed E-state index contributed by atoms with van der Waals surface area (Å²) >= 11 is 1.32. The SMILES string of the molecule is C=CCn1c(SCC(=O)Nc2ccc(C(C)=O)cc2)nnc1-c1ccc(C(C)C)cc1. The molecule has 0 aliphatic rings. The molecule has 0 atom stereocenters. The Labute approximate surface area is 186 Å². The Bertz CT molecular complexity index is 1070. The molecule has 7 heteroatoms. The highest BCUT2D eigenvalue weighted by Gasteiger charge is 2.15. The van der Waals surface area contributed by atoms with E-state index in [-0.39, 0.29) is 17.4 Å². The zero-order valence-electron chi connectivity index (χ0n) is 18.0. The summed E-state index contributed by atoms with van der Waals surface area (Å²) in [5, 5.41) is 12.1. The molecule has 0 saturated heterocycles. The van der Waals surface area contributed by atoms with Gasteiger partial charge in [0.25, 0.3) is 0 Å². The maximum atomic E-state index is 12.4. The first-order valence-corrected chi connectivity index (χ1v) is 11.1. The van der Waals surface area contributed by atoms with Crippen LogP contribution in [0.4, 0.5) is 5.69 Å². The maximum absolute atomic E-state index is 12.4. The second-order valence-corrected chi connectivity index (χ2v) is 8.40. The summed E-state index contributed by atoms with van der Waals surface area (Å²) in [4.78, 5) is 23.7. The number of thioether (sulfide) groups is 1. The van der Waals surface area contributed by atoms with Crippen molar-refractivity contribution < 1.29 is 9.59 Å². The predicted molar refractivity (Wildman–Crippen MR) is 126 cm³/mol. The summed E-state index contributed by atoms with van der Waals surface area (Å²) in [6, 6.07) is 15.1. The third-order valence-corrected chi connectivity index (χ3v) is 5.74. The van der Waals surface area contributed by atoms with Gasteiger partial charge in [0, 0.05) is 23.4 Å². The molecule has 31 heavy (non-hydrogen) atoms. The van der Waals surface area contributed by atoms with Crippen LogP contribution in [0.3, 0.4) is 0 Å². The topological polar surface area (TPSA) is 76.9 Å². The fourth-order valence-corrected chi connectivity index (χ4v) is 3.78. The molecule has 2 aromatic carbocycles. The summed E-state index contributed by atoms with van der Waals surface area (Å²) in [5.41, 5.74) is 3.50. The summed E-state index contributed by atoms with van der Waals surface area (Å²) < 4.78 is 1.96. The first-order valence-electron chi connectivity index (χ1n) is 10.1. The molecule has 0 radical (unpaired) electrons. The van der Waals surface area contributed by atoms with Gasteiger partial charge >= 0.3 is 0 Å². The number of rotatable bonds is 9. The molecule has 0 spiro atoms. The van der Waals surface area contributed by atoms with Gasteiger partial charge in [0.1, 0.15) is 0 Å². The zero-order chi connectivity index (χ0) is 22.4. The second kappa shape index (κ2) is 10.2. The maximum Gasteiger partial charge on any atom is 0.234 e. The molecule has 0 unspecified atom stereocenters. The molecule has 6 nitrogen and oxygen atoms in total. The Morgan fingerprint density at radius 1 is 1.10 bits per heavy atom. The van der Waals surface area contributed by atoms with E-state index in [0.717, 1.165) is 11.4 Å². The number of carbonyl (C=O) groups excluding carboxylic acids is 2. The van der Waals surface area contributed by atoms with Gasteiger partial charge in [-0.05, 0) is 42.7 Å². The van der Waals surface area contributed by atoms with Gasteiger partial charge in [-0.25, -0.2) is 0 Å². The number of amides is 1. The molecule has 0 aliphatic heterocycles. The third kappa shape index (κ3) is 5.70. The Hall–Kier alpha value is -3.19. The summed E-state index contributed by atoms with van der Waals surface area (Å²) in [6.45, 7) is 10.2. The lowest BCUT2D eigenvalue weighted by molar-refractivity contribution is -0.113. The number of nitrogens with one attached hydrogen (secondary N) is 1. The molecule has 0 saturated carbocycles. The van der Waals surface area contributed by atoms with Gasteiger partial charge in [-0.1, -0.05) is 56.0 Å². The number of Topliss-reactive ketones (excluding diaryl/α,β-unsaturated/α-hetero) is 1. The van der Waals surface area contributed by atoms with E-state index in [1.165, 1.54) is 24.2 Å². The number of aromatic nitrogens is 3. The van der Waals surface area contributed by atoms with Crippen LogP contribution in [-0.4, -0.2) is 32.2 Å². The highest BCUT2D eigenvalue weighted by atomic mass is 32.2. The summed E-state index contributed by atoms with van der Waals surface area (Å²) in [7, 11) is 0. The third-order valence-electron chi connectivity index (χ3n) is 4.77. The number of hydrogen-bond acceptors (Lipinski definition) is 5. The quantitative estimate of drug-likeness (QED) is 0.285. The average Bonchev–Trinajstić information content (AvgIpc) is 3.15. The van der Waals surface area contributed by atoms with Crippen molar-refractivity contribution in [2.24, 2.45) is 0 Å². The lowest BCUT2D eigenvalue weighted by Crippen LogP contribution is -2.14. The molecular weight excluding hydrogens is 408 g/mol. The van der Waals surface area contributed by atoms with Crippen LogP contribution in [0.5, 0.6) is 0 Å². The molecule has 0 aliphatic carbocycles. The van der Waals surface area contributed by atoms with Crippen molar-refractivity contribution in [2.45, 2.75) is 38.4 Å². The van der Waals surface area contributed by atoms with Crippen molar-refractivity contribution in [2.75, 3.05) is 11.1 Å². The van der Waals surface area contributed by atoms with Crippen LogP contribution in [0, 0.1) is 0 Å². The molecule has 1 aromatic heterocycles. The van der Waals surface area contributed by atoms with E-state index in [1.54, 1.807) is 30.3 Å². The van der Waals surface area contributed by atoms with Crippen LogP contribution in [0.15, 0.2) is 66.3 Å². The highest BCUT2D eigenvalue weighted by Crippen LogP contribution is 2.26. The number of allylic oxidation sites excluding steroid dienone is 1. The lowest BCUT2D eigenvalue weighted by Gasteiger charge is -2.10. The Morgan fingerprint density at radius 2 is 1.77 bits per heavy atom. The molecule has 1 N–H and O–H groups in total. The Kier molecular flexibility index (Phi) is 7.41. The average molecular weight is 435 g/mol. The van der Waals surface area contributed by atoms with Crippen molar-refractivity contribution in [3.8, 4) is 11.4 Å². The van der Waals surface area contributed by atoms with E-state index in [9.17, 15) is 9.59 Å². The van der Waals surface area contributed by atoms with E-state index >= 15 is 0 Å². The van der Waals surface area contributed by atoms with Crippen LogP contribution in [0.2, 0.25) is 0 Å². The first kappa shape index (κ1) is 22.5. The predicted octanol–water partition coefficient (Wildman–Crippen LogP) is 5.19. The molecule has 0 bridgehead atoms. The molecule has 3 rings (SSSR count). The van der Waals surface area contributed by atoms with Crippen molar-refractivity contribution >= 4 is 29.1 Å². The van der Waals surface area contributed by atoms with Gasteiger partial charge in [-0.2, -0.15) is 0 Å². The second-order valence-electron chi connectivity index (χ2n) is 7.45. The van der Waals surface area contributed by atoms with E-state index in [0.29, 0.717) is 28.9 Å². The number of ketones is 1. The fourth-order valence-electron chi connectivity index (χ4n) is 3.04. The standard InChI is InChI=1S/C24H26N4O2S/c1-5-14-28-23(20-8-6-18(7-9-20)16(2)3)26-27-24(28)31-15-22(30)25-21-12-10-19(11-13-21)17(4)29/h5-13,16H,1,14-15H2,2-4H3,(H,25,30). The van der Waals surface area contributed by atoms with Gasteiger partial charge in [-0.3, -0.25) is 14.2 Å². The number of anilines is 1. The number of benzene rings is 2. The smallest absolute Gasteiger partial charge is 0.234 e. The monoisotopic (exact) mass is 434 g/mol. The van der Waals surface area contributed by atoms with Gasteiger partial charge < -0.3 is 5.32 Å². The van der Waals surface area contributed by atoms with Gasteiger partial charge in [-0.15, -0.1) is 16.8 Å². The molecule has 1 amide bonds. The minimum absolute atomic E-state index is 0.00960. The first-order chi connectivity index (χ1) is 14.9. The highest BCUT2D eigenvalue weighted by molar-refractivity contribution is 7.99. The van der Waals surface area contributed by atoms with E-state index in [1.807, 2.05) is 16.7 Å². The van der Waals surface area contributed by atoms with Crippen molar-refractivity contribution in [1.29, 1.82) is 0 Å². The van der Waals surface area contributed by atoms with Crippen LogP contribution in [0.1, 0.15) is 42.6 Å². The molecule has 0 fully saturated rings. The van der Waals surface area contributed by atoms with Crippen LogP contribution < -0.4 is 5.32 Å². The minimum atomic E-state index is -0.156. The van der Waals surface area contributed by atoms with Crippen molar-refractivity contribution in [3.05, 3.63) is 72.3 Å². The van der Waals surface area contributed by atoms with Crippen LogP contribution in [-0.2, 0) is 11.3 Å². The van der Waals surface area contributed by atoms with E-state index < -0.39 is 0 Å². The van der Waals surface area contributed by atoms with Gasteiger partial charge in [0.05, 0.1) is 5.75 Å². The van der Waals surface area contributed by atoms with Crippen molar-refractivity contribution in [1.82, 2.24) is 14.8 Å². The summed E-state index contributed by atoms with van der Waals surface area (Å²) in [5.74, 6) is 1.23. The van der Waals surface area contributed by atoms with Crippen LogP contribution in [0.25, 0.3) is 11.4 Å². The number of nitrogens with zero attached hydrogens (tertiary/aromatic N) is 3. The zero-order valence-corrected chi connectivity index (χ0v) is 18.8. The van der Waals surface area contributed by atoms with Crippen LogP contribution >= 0.6 is 11.8 Å². The van der Waals surface area contributed by atoms with Crippen molar-refractivity contribution in [3.63, 3.8) is 0 Å². The molecule has 3 aromatic rings. The summed E-state index contributed by atoms with van der Waals surface area (Å²) in [6.07, 6.45) is 1.79. The molecular formula is C24H26N4O2S. The Morgan fingerprint density at radius 3 is 2.35 bits per heavy atom. The van der Waals surface area contributed by atoms with Gasteiger partial charge in [0.2, 0.25) is 5.91 Å². The normalized spacial score (nSPS) is 10.8.